The van der Waals surface area contributed by atoms with Gasteiger partial charge in [0.1, 0.15) is 6.33 Å². The number of nitrogens with zero attached hydrogens (tertiary/aromatic N) is 4. The lowest BCUT2D eigenvalue weighted by molar-refractivity contribution is -0.122. The van der Waals surface area contributed by atoms with Crippen LogP contribution in [0.5, 0.6) is 0 Å². The molecule has 8 nitrogen and oxygen atoms in total. The molecule has 1 amide bonds. The summed E-state index contributed by atoms with van der Waals surface area (Å²) in [4.78, 5) is 12.0. The highest BCUT2D eigenvalue weighted by Crippen LogP contribution is 2.22. The van der Waals surface area contributed by atoms with E-state index >= 15 is 0 Å². The molecule has 3 rings (SSSR count). The van der Waals surface area contributed by atoms with Crippen LogP contribution < -0.4 is 10.6 Å². The maximum atomic E-state index is 12.0. The van der Waals surface area contributed by atoms with Gasteiger partial charge in [0.25, 0.3) is 0 Å². The molecule has 2 heterocycles. The highest BCUT2D eigenvalue weighted by molar-refractivity contribution is 5.76. The summed E-state index contributed by atoms with van der Waals surface area (Å²) in [6.07, 6.45) is 7.19. The molecule has 1 saturated heterocycles. The standard InChI is InChI=1S/C14H24N6O2/c21-14(2-1-7-20-10-15-18-19-20)17-13-4-3-12(13)16-11-5-8-22-9-6-11/h10-13,16H,1-9H2,(H,17,21)/t12-,13+/m1/s1. The summed E-state index contributed by atoms with van der Waals surface area (Å²) in [6.45, 7) is 2.37. The lowest BCUT2D eigenvalue weighted by atomic mass is 9.85. The molecule has 0 aromatic carbocycles. The lowest BCUT2D eigenvalue weighted by Gasteiger charge is -2.41. The third kappa shape index (κ3) is 4.23. The van der Waals surface area contributed by atoms with Crippen molar-refractivity contribution < 1.29 is 9.53 Å². The van der Waals surface area contributed by atoms with Crippen LogP contribution in [0.1, 0.15) is 38.5 Å². The highest BCUT2D eigenvalue weighted by atomic mass is 16.5. The van der Waals surface area contributed by atoms with Crippen molar-refractivity contribution >= 4 is 5.91 Å². The Kier molecular flexibility index (Phi) is 5.33. The van der Waals surface area contributed by atoms with Gasteiger partial charge in [0.05, 0.1) is 0 Å². The summed E-state index contributed by atoms with van der Waals surface area (Å²) in [7, 11) is 0. The molecule has 2 N–H and O–H groups in total. The molecule has 1 aliphatic carbocycles. The number of carbonyl (C=O) groups is 1. The van der Waals surface area contributed by atoms with Crippen LogP contribution in [-0.2, 0) is 16.1 Å². The molecule has 2 aliphatic rings. The second-order valence-electron chi connectivity index (χ2n) is 6.09. The summed E-state index contributed by atoms with van der Waals surface area (Å²) >= 11 is 0. The Hall–Kier alpha value is -1.54. The van der Waals surface area contributed by atoms with Crippen LogP contribution in [0.15, 0.2) is 6.33 Å². The zero-order valence-corrected chi connectivity index (χ0v) is 12.8. The molecular formula is C14H24N6O2. The summed E-state index contributed by atoms with van der Waals surface area (Å²) in [5.41, 5.74) is 0. The topological polar surface area (TPSA) is 94.0 Å². The maximum Gasteiger partial charge on any atom is 0.220 e. The fraction of sp³-hybridized carbons (Fsp3) is 0.857. The van der Waals surface area contributed by atoms with Crippen molar-refractivity contribution in [3.63, 3.8) is 0 Å². The van der Waals surface area contributed by atoms with Gasteiger partial charge in [-0.3, -0.25) is 4.79 Å². The summed E-state index contributed by atoms with van der Waals surface area (Å²) in [5, 5.41) is 17.7. The van der Waals surface area contributed by atoms with Gasteiger partial charge in [-0.2, -0.15) is 0 Å². The SMILES string of the molecule is O=C(CCCn1cnnn1)N[C@H]1CC[C@H]1NC1CCOCC1. The van der Waals surface area contributed by atoms with E-state index in [4.69, 9.17) is 4.74 Å². The van der Waals surface area contributed by atoms with Crippen molar-refractivity contribution in [1.29, 1.82) is 0 Å². The molecular weight excluding hydrogens is 284 g/mol. The predicted molar refractivity (Wildman–Crippen MR) is 79.0 cm³/mol. The van der Waals surface area contributed by atoms with Gasteiger partial charge in [0.2, 0.25) is 5.91 Å². The van der Waals surface area contributed by atoms with Gasteiger partial charge < -0.3 is 15.4 Å². The Labute approximate surface area is 130 Å². The molecule has 122 valence electrons. The quantitative estimate of drug-likeness (QED) is 0.729. The molecule has 0 spiro atoms. The highest BCUT2D eigenvalue weighted by Gasteiger charge is 2.33. The molecule has 1 aromatic heterocycles. The fourth-order valence-electron chi connectivity index (χ4n) is 3.00. The maximum absolute atomic E-state index is 12.0. The van der Waals surface area contributed by atoms with Gasteiger partial charge >= 0.3 is 0 Å². The molecule has 8 heteroatoms. The Morgan fingerprint density at radius 3 is 2.73 bits per heavy atom. The molecule has 2 atom stereocenters. The summed E-state index contributed by atoms with van der Waals surface area (Å²) in [5.74, 6) is 0.122. The first-order valence-electron chi connectivity index (χ1n) is 8.15. The van der Waals surface area contributed by atoms with Crippen molar-refractivity contribution in [3.05, 3.63) is 6.33 Å². The first-order valence-corrected chi connectivity index (χ1v) is 8.15. The average Bonchev–Trinajstić information content (AvgIpc) is 3.04. The first kappa shape index (κ1) is 15.4. The predicted octanol–water partition coefficient (Wildman–Crippen LogP) is -0.131. The van der Waals surface area contributed by atoms with E-state index in [1.54, 1.807) is 11.0 Å². The molecule has 1 aromatic rings. The number of aryl methyl sites for hydroxylation is 1. The van der Waals surface area contributed by atoms with E-state index in [9.17, 15) is 4.79 Å². The lowest BCUT2D eigenvalue weighted by Crippen LogP contribution is -2.59. The van der Waals surface area contributed by atoms with E-state index in [1.165, 1.54) is 0 Å². The van der Waals surface area contributed by atoms with E-state index in [-0.39, 0.29) is 11.9 Å². The van der Waals surface area contributed by atoms with Gasteiger partial charge in [-0.25, -0.2) is 4.68 Å². The minimum atomic E-state index is 0.122. The fourth-order valence-corrected chi connectivity index (χ4v) is 3.00. The number of rotatable bonds is 7. The normalized spacial score (nSPS) is 25.6. The first-order chi connectivity index (χ1) is 10.8. The molecule has 22 heavy (non-hydrogen) atoms. The Balaban J connectivity index is 1.32. The van der Waals surface area contributed by atoms with Crippen LogP contribution >= 0.6 is 0 Å². The average molecular weight is 308 g/mol. The number of ether oxygens (including phenoxy) is 1. The van der Waals surface area contributed by atoms with Crippen LogP contribution in [0.2, 0.25) is 0 Å². The van der Waals surface area contributed by atoms with Crippen LogP contribution in [0.3, 0.4) is 0 Å². The molecule has 0 radical (unpaired) electrons. The third-order valence-corrected chi connectivity index (χ3v) is 4.47. The van der Waals surface area contributed by atoms with Crippen LogP contribution in [0.25, 0.3) is 0 Å². The molecule has 2 fully saturated rings. The van der Waals surface area contributed by atoms with Crippen molar-refractivity contribution in [2.24, 2.45) is 0 Å². The van der Waals surface area contributed by atoms with Crippen LogP contribution in [0.4, 0.5) is 0 Å². The number of amides is 1. The van der Waals surface area contributed by atoms with Gasteiger partial charge in [0, 0.05) is 44.3 Å². The van der Waals surface area contributed by atoms with Crippen molar-refractivity contribution in [3.8, 4) is 0 Å². The second-order valence-corrected chi connectivity index (χ2v) is 6.09. The smallest absolute Gasteiger partial charge is 0.220 e. The van der Waals surface area contributed by atoms with Gasteiger partial charge in [-0.15, -0.1) is 5.10 Å². The van der Waals surface area contributed by atoms with Crippen molar-refractivity contribution in [1.82, 2.24) is 30.8 Å². The van der Waals surface area contributed by atoms with Gasteiger partial charge in [0.15, 0.2) is 0 Å². The monoisotopic (exact) mass is 308 g/mol. The third-order valence-electron chi connectivity index (χ3n) is 4.47. The Bertz CT molecular complexity index is 460. The summed E-state index contributed by atoms with van der Waals surface area (Å²) < 4.78 is 7.02. The molecule has 0 bridgehead atoms. The Morgan fingerprint density at radius 1 is 1.23 bits per heavy atom. The Morgan fingerprint density at radius 2 is 2.05 bits per heavy atom. The number of hydrogen-bond donors (Lipinski definition) is 2. The molecule has 1 aliphatic heterocycles. The van der Waals surface area contributed by atoms with Crippen LogP contribution in [0, 0.1) is 0 Å². The largest absolute Gasteiger partial charge is 0.381 e. The zero-order valence-electron chi connectivity index (χ0n) is 12.8. The number of nitrogens with one attached hydrogen (secondary N) is 2. The van der Waals surface area contributed by atoms with Crippen molar-refractivity contribution in [2.45, 2.75) is 63.2 Å². The van der Waals surface area contributed by atoms with E-state index in [0.717, 1.165) is 45.3 Å². The number of hydrogen-bond acceptors (Lipinski definition) is 6. The number of carbonyl (C=O) groups excluding carboxylic acids is 1. The van der Waals surface area contributed by atoms with E-state index < -0.39 is 0 Å². The van der Waals surface area contributed by atoms with E-state index in [2.05, 4.69) is 26.2 Å². The zero-order chi connectivity index (χ0) is 15.2. The van der Waals surface area contributed by atoms with E-state index in [1.807, 2.05) is 0 Å². The minimum absolute atomic E-state index is 0.122. The minimum Gasteiger partial charge on any atom is -0.381 e. The molecule has 1 saturated carbocycles. The van der Waals surface area contributed by atoms with Gasteiger partial charge in [-0.1, -0.05) is 0 Å². The molecule has 0 unspecified atom stereocenters. The number of aromatic nitrogens is 4. The van der Waals surface area contributed by atoms with Crippen molar-refractivity contribution in [2.75, 3.05) is 13.2 Å². The van der Waals surface area contributed by atoms with Gasteiger partial charge in [-0.05, 0) is 42.5 Å². The van der Waals surface area contributed by atoms with E-state index in [0.29, 0.717) is 25.0 Å². The second kappa shape index (κ2) is 7.64. The summed E-state index contributed by atoms with van der Waals surface area (Å²) in [6, 6.07) is 1.24. The number of tetrazole rings is 1. The van der Waals surface area contributed by atoms with Crippen LogP contribution in [-0.4, -0.2) is 57.5 Å².